The van der Waals surface area contributed by atoms with Gasteiger partial charge in [-0.05, 0) is 41.8 Å². The Hall–Kier alpha value is -4.51. The number of rotatable bonds is 6. The van der Waals surface area contributed by atoms with Gasteiger partial charge < -0.3 is 15.7 Å². The summed E-state index contributed by atoms with van der Waals surface area (Å²) in [4.78, 5) is 41.8. The number of carbonyl (C=O) groups is 3. The number of benzene rings is 2. The molecule has 188 valence electrons. The number of ketones is 1. The van der Waals surface area contributed by atoms with E-state index in [0.717, 1.165) is 22.3 Å². The number of amides is 2. The maximum Gasteiger partial charge on any atom is 0.270 e. The Bertz CT molecular complexity index is 1570. The highest BCUT2D eigenvalue weighted by Crippen LogP contribution is 2.32. The SMILES string of the molecule is CC(=O)c1ccc2c(c1)C[C@H](O)[C@@H]2NC(=O)c1cc(C(=O)NCc2cccc(F)c2)nc2c(F)cnn12. The lowest BCUT2D eigenvalue weighted by atomic mass is 10.0. The van der Waals surface area contributed by atoms with Crippen molar-refractivity contribution in [1.82, 2.24) is 25.2 Å². The molecule has 1 aliphatic carbocycles. The fourth-order valence-electron chi connectivity index (χ4n) is 4.38. The van der Waals surface area contributed by atoms with Crippen molar-refractivity contribution in [3.05, 3.63) is 100 Å². The lowest BCUT2D eigenvalue weighted by molar-refractivity contribution is 0.0850. The molecular formula is C26H21F2N5O4. The van der Waals surface area contributed by atoms with Gasteiger partial charge in [-0.15, -0.1) is 0 Å². The molecule has 0 fully saturated rings. The maximum absolute atomic E-state index is 14.4. The van der Waals surface area contributed by atoms with E-state index in [1.165, 1.54) is 25.1 Å². The fourth-order valence-corrected chi connectivity index (χ4v) is 4.38. The Kier molecular flexibility index (Phi) is 6.22. The van der Waals surface area contributed by atoms with Crippen LogP contribution in [0, 0.1) is 11.6 Å². The lowest BCUT2D eigenvalue weighted by Gasteiger charge is -2.18. The normalized spacial score (nSPS) is 16.4. The van der Waals surface area contributed by atoms with Gasteiger partial charge in [-0.25, -0.2) is 18.3 Å². The molecule has 11 heteroatoms. The highest BCUT2D eigenvalue weighted by molar-refractivity contribution is 5.98. The number of aliphatic hydroxyl groups excluding tert-OH is 1. The standard InChI is InChI=1S/C26H21F2N5O4/c1-13(34)15-5-6-18-16(8-15)9-22(35)23(18)32-26(37)21-10-20(31-24-19(28)12-30-33(21)24)25(36)29-11-14-3-2-4-17(27)7-14/h2-8,10,12,22-23,35H,9,11H2,1H3,(H,29,36)(H,32,37)/t22-,23+/m0/s1. The molecule has 37 heavy (non-hydrogen) atoms. The van der Waals surface area contributed by atoms with Crippen LogP contribution in [0.15, 0.2) is 54.7 Å². The molecule has 0 bridgehead atoms. The van der Waals surface area contributed by atoms with E-state index in [0.29, 0.717) is 16.7 Å². The van der Waals surface area contributed by atoms with E-state index in [9.17, 15) is 28.3 Å². The van der Waals surface area contributed by atoms with Gasteiger partial charge >= 0.3 is 0 Å². The first kappa shape index (κ1) is 24.2. The van der Waals surface area contributed by atoms with Crippen LogP contribution in [0.2, 0.25) is 0 Å². The zero-order valence-electron chi connectivity index (χ0n) is 19.5. The Morgan fingerprint density at radius 1 is 1.11 bits per heavy atom. The van der Waals surface area contributed by atoms with Crippen LogP contribution in [-0.4, -0.2) is 43.4 Å². The summed E-state index contributed by atoms with van der Waals surface area (Å²) in [5, 5.41) is 19.8. The molecule has 2 heterocycles. The number of nitrogens with zero attached hydrogens (tertiary/aromatic N) is 3. The van der Waals surface area contributed by atoms with Crippen molar-refractivity contribution in [3.8, 4) is 0 Å². The Morgan fingerprint density at radius 3 is 2.68 bits per heavy atom. The zero-order valence-corrected chi connectivity index (χ0v) is 19.5. The quantitative estimate of drug-likeness (QED) is 0.346. The summed E-state index contributed by atoms with van der Waals surface area (Å²) in [5.74, 6) is -2.84. The number of fused-ring (bicyclic) bond motifs is 2. The van der Waals surface area contributed by atoms with Crippen LogP contribution in [0.1, 0.15) is 61.0 Å². The Morgan fingerprint density at radius 2 is 1.92 bits per heavy atom. The van der Waals surface area contributed by atoms with Gasteiger partial charge in [0, 0.05) is 24.6 Å². The predicted molar refractivity (Wildman–Crippen MR) is 127 cm³/mol. The number of carbonyl (C=O) groups excluding carboxylic acids is 3. The summed E-state index contributed by atoms with van der Waals surface area (Å²) in [6.45, 7) is 1.43. The van der Waals surface area contributed by atoms with Crippen LogP contribution >= 0.6 is 0 Å². The van der Waals surface area contributed by atoms with Crippen LogP contribution in [0.3, 0.4) is 0 Å². The van der Waals surface area contributed by atoms with E-state index in [1.54, 1.807) is 24.3 Å². The van der Waals surface area contributed by atoms with E-state index in [-0.39, 0.29) is 35.8 Å². The first-order valence-corrected chi connectivity index (χ1v) is 11.4. The van der Waals surface area contributed by atoms with Gasteiger partial charge in [0.25, 0.3) is 11.8 Å². The van der Waals surface area contributed by atoms with Gasteiger partial charge in [0.2, 0.25) is 0 Å². The first-order valence-electron chi connectivity index (χ1n) is 11.4. The minimum absolute atomic E-state index is 0.0139. The molecule has 0 unspecified atom stereocenters. The summed E-state index contributed by atoms with van der Waals surface area (Å²) >= 11 is 0. The molecule has 2 aromatic carbocycles. The van der Waals surface area contributed by atoms with Gasteiger partial charge in [-0.3, -0.25) is 14.4 Å². The topological polar surface area (TPSA) is 126 Å². The van der Waals surface area contributed by atoms with Crippen LogP contribution in [0.5, 0.6) is 0 Å². The third-order valence-electron chi connectivity index (χ3n) is 6.22. The summed E-state index contributed by atoms with van der Waals surface area (Å²) in [6.07, 6.45) is 0.148. The fraction of sp³-hybridized carbons (Fsp3) is 0.192. The van der Waals surface area contributed by atoms with Crippen LogP contribution in [0.25, 0.3) is 5.65 Å². The van der Waals surface area contributed by atoms with Crippen molar-refractivity contribution in [2.75, 3.05) is 0 Å². The lowest BCUT2D eigenvalue weighted by Crippen LogP contribution is -2.35. The van der Waals surface area contributed by atoms with Crippen molar-refractivity contribution in [2.45, 2.75) is 32.0 Å². The second-order valence-corrected chi connectivity index (χ2v) is 8.76. The summed E-state index contributed by atoms with van der Waals surface area (Å²) in [6, 6.07) is 11.0. The molecule has 0 radical (unpaired) electrons. The smallest absolute Gasteiger partial charge is 0.270 e. The minimum Gasteiger partial charge on any atom is -0.390 e. The largest absolute Gasteiger partial charge is 0.390 e. The molecule has 0 spiro atoms. The molecule has 3 N–H and O–H groups in total. The van der Waals surface area contributed by atoms with Gasteiger partial charge in [-0.2, -0.15) is 5.10 Å². The number of aromatic nitrogens is 3. The average molecular weight is 505 g/mol. The number of aliphatic hydroxyl groups is 1. The highest BCUT2D eigenvalue weighted by atomic mass is 19.1. The number of hydrogen-bond donors (Lipinski definition) is 3. The molecular weight excluding hydrogens is 484 g/mol. The molecule has 4 aromatic rings. The summed E-state index contributed by atoms with van der Waals surface area (Å²) < 4.78 is 28.8. The van der Waals surface area contributed by atoms with Gasteiger partial charge in [0.15, 0.2) is 17.2 Å². The number of Topliss-reactive ketones (excluding diaryl/α,β-unsaturated/α-hetero) is 1. The second-order valence-electron chi connectivity index (χ2n) is 8.76. The first-order chi connectivity index (χ1) is 17.7. The average Bonchev–Trinajstić information content (AvgIpc) is 3.40. The predicted octanol–water partition coefficient (Wildman–Crippen LogP) is 2.53. The summed E-state index contributed by atoms with van der Waals surface area (Å²) in [7, 11) is 0. The molecule has 2 aromatic heterocycles. The Labute approximate surface area is 209 Å². The molecule has 2 atom stereocenters. The van der Waals surface area contributed by atoms with E-state index in [2.05, 4.69) is 20.7 Å². The minimum atomic E-state index is -0.957. The monoisotopic (exact) mass is 505 g/mol. The van der Waals surface area contributed by atoms with Crippen molar-refractivity contribution >= 4 is 23.2 Å². The maximum atomic E-state index is 14.4. The van der Waals surface area contributed by atoms with Crippen molar-refractivity contribution < 1.29 is 28.3 Å². The van der Waals surface area contributed by atoms with Gasteiger partial charge in [-0.1, -0.05) is 24.3 Å². The highest BCUT2D eigenvalue weighted by Gasteiger charge is 2.33. The molecule has 5 rings (SSSR count). The van der Waals surface area contributed by atoms with E-state index < -0.39 is 35.6 Å². The summed E-state index contributed by atoms with van der Waals surface area (Å²) in [5.41, 5.74) is 1.63. The molecule has 9 nitrogen and oxygen atoms in total. The van der Waals surface area contributed by atoms with Crippen molar-refractivity contribution in [3.63, 3.8) is 0 Å². The Balaban J connectivity index is 1.42. The van der Waals surface area contributed by atoms with Gasteiger partial charge in [0.1, 0.15) is 17.2 Å². The third kappa shape index (κ3) is 4.68. The number of halogens is 2. The molecule has 2 amide bonds. The van der Waals surface area contributed by atoms with Crippen LogP contribution in [0.4, 0.5) is 8.78 Å². The van der Waals surface area contributed by atoms with E-state index in [4.69, 9.17) is 0 Å². The molecule has 1 aliphatic rings. The van der Waals surface area contributed by atoms with Crippen molar-refractivity contribution in [2.24, 2.45) is 0 Å². The molecule has 0 aliphatic heterocycles. The molecule has 0 saturated heterocycles. The van der Waals surface area contributed by atoms with E-state index in [1.807, 2.05) is 0 Å². The molecule has 0 saturated carbocycles. The number of hydrogen-bond acceptors (Lipinski definition) is 6. The third-order valence-corrected chi connectivity index (χ3v) is 6.22. The van der Waals surface area contributed by atoms with Crippen LogP contribution < -0.4 is 10.6 Å². The van der Waals surface area contributed by atoms with Gasteiger partial charge in [0.05, 0.1) is 18.3 Å². The van der Waals surface area contributed by atoms with E-state index >= 15 is 0 Å². The zero-order chi connectivity index (χ0) is 26.3. The number of nitrogens with one attached hydrogen (secondary N) is 2. The second kappa shape index (κ2) is 9.51. The van der Waals surface area contributed by atoms with Crippen molar-refractivity contribution in [1.29, 1.82) is 0 Å². The van der Waals surface area contributed by atoms with Crippen LogP contribution in [-0.2, 0) is 13.0 Å².